The molecule has 1 aromatic heterocycles. The van der Waals surface area contributed by atoms with Crippen LogP contribution < -0.4 is 16.4 Å². The number of benzene rings is 1. The van der Waals surface area contributed by atoms with Crippen molar-refractivity contribution in [1.82, 2.24) is 20.4 Å². The lowest BCUT2D eigenvalue weighted by molar-refractivity contribution is 0.0698. The number of nitrogen functional groups attached to an aromatic ring is 1. The van der Waals surface area contributed by atoms with Gasteiger partial charge in [0.05, 0.1) is 24.6 Å². The van der Waals surface area contributed by atoms with Gasteiger partial charge in [-0.15, -0.1) is 24.0 Å². The Bertz CT molecular complexity index is 897. The Balaban J connectivity index is 0.00000544. The summed E-state index contributed by atoms with van der Waals surface area (Å²) in [5.74, 6) is 0.642. The number of aryl methyl sites for hydroxylation is 1. The molecule has 0 bridgehead atoms. The second-order valence-electron chi connectivity index (χ2n) is 6.96. The number of nitriles is 1. The standard InChI is InChI=1S/C22H32FN7O2.HI/c1-3-26-22(28-12-5-13-32-15-14-31-2)27-11-4-6-20-19(16-24)21(25)30(29-20)18-9-7-17(23)8-10-18;/h7-10H,3-6,11-15,25H2,1-2H3,(H2,26,27,28);1H. The number of halogens is 2. The van der Waals surface area contributed by atoms with Crippen LogP contribution >= 0.6 is 24.0 Å². The molecule has 0 saturated carbocycles. The van der Waals surface area contributed by atoms with Gasteiger partial charge in [0.1, 0.15) is 23.3 Å². The van der Waals surface area contributed by atoms with Gasteiger partial charge in [-0.2, -0.15) is 10.4 Å². The number of aliphatic imine (C=N–C) groups is 1. The Labute approximate surface area is 211 Å². The number of nitrogens with two attached hydrogens (primary N) is 1. The molecule has 0 atom stereocenters. The van der Waals surface area contributed by atoms with E-state index in [2.05, 4.69) is 26.8 Å². The third kappa shape index (κ3) is 9.53. The number of hydrogen-bond acceptors (Lipinski definition) is 6. The summed E-state index contributed by atoms with van der Waals surface area (Å²) in [6, 6.07) is 7.94. The maximum Gasteiger partial charge on any atom is 0.191 e. The molecule has 0 aliphatic heterocycles. The topological polar surface area (TPSA) is 123 Å². The van der Waals surface area contributed by atoms with Crippen LogP contribution in [0.5, 0.6) is 0 Å². The Morgan fingerprint density at radius 1 is 1.21 bits per heavy atom. The molecule has 0 radical (unpaired) electrons. The van der Waals surface area contributed by atoms with Crippen molar-refractivity contribution in [3.05, 3.63) is 41.3 Å². The Morgan fingerprint density at radius 2 is 1.97 bits per heavy atom. The first kappa shape index (κ1) is 28.6. The highest BCUT2D eigenvalue weighted by Crippen LogP contribution is 2.21. The molecule has 182 valence electrons. The second-order valence-corrected chi connectivity index (χ2v) is 6.96. The van der Waals surface area contributed by atoms with Gasteiger partial charge in [0, 0.05) is 33.4 Å². The van der Waals surface area contributed by atoms with E-state index in [0.29, 0.717) is 56.2 Å². The van der Waals surface area contributed by atoms with E-state index in [-0.39, 0.29) is 35.6 Å². The maximum absolute atomic E-state index is 13.2. The fourth-order valence-corrected chi connectivity index (χ4v) is 2.96. The Hall–Kier alpha value is -2.43. The van der Waals surface area contributed by atoms with E-state index < -0.39 is 0 Å². The van der Waals surface area contributed by atoms with Crippen LogP contribution in [0.15, 0.2) is 29.3 Å². The van der Waals surface area contributed by atoms with E-state index >= 15 is 0 Å². The predicted molar refractivity (Wildman–Crippen MR) is 138 cm³/mol. The number of rotatable bonds is 13. The lowest BCUT2D eigenvalue weighted by Gasteiger charge is -2.11. The molecular weight excluding hydrogens is 540 g/mol. The van der Waals surface area contributed by atoms with Crippen LogP contribution in [-0.2, 0) is 15.9 Å². The van der Waals surface area contributed by atoms with Crippen molar-refractivity contribution in [1.29, 1.82) is 5.26 Å². The van der Waals surface area contributed by atoms with Crippen LogP contribution in [0.25, 0.3) is 5.69 Å². The molecule has 0 unspecified atom stereocenters. The summed E-state index contributed by atoms with van der Waals surface area (Å²) in [5.41, 5.74) is 7.66. The lowest BCUT2D eigenvalue weighted by atomic mass is 10.1. The fourth-order valence-electron chi connectivity index (χ4n) is 2.96. The molecule has 0 amide bonds. The second kappa shape index (κ2) is 16.2. The van der Waals surface area contributed by atoms with Gasteiger partial charge in [-0.1, -0.05) is 0 Å². The molecule has 0 fully saturated rings. The van der Waals surface area contributed by atoms with Gasteiger partial charge in [-0.3, -0.25) is 4.99 Å². The van der Waals surface area contributed by atoms with Crippen LogP contribution in [-0.4, -0.2) is 62.3 Å². The molecule has 4 N–H and O–H groups in total. The number of hydrogen-bond donors (Lipinski definition) is 3. The van der Waals surface area contributed by atoms with Crippen molar-refractivity contribution in [3.8, 4) is 11.8 Å². The van der Waals surface area contributed by atoms with Crippen LogP contribution in [0.3, 0.4) is 0 Å². The number of nitrogens with one attached hydrogen (secondary N) is 2. The molecule has 11 heteroatoms. The van der Waals surface area contributed by atoms with E-state index in [9.17, 15) is 9.65 Å². The molecule has 0 aliphatic carbocycles. The van der Waals surface area contributed by atoms with Crippen molar-refractivity contribution in [2.45, 2.75) is 26.2 Å². The third-order valence-electron chi connectivity index (χ3n) is 4.55. The molecular formula is C22H33FIN7O2. The monoisotopic (exact) mass is 573 g/mol. The smallest absolute Gasteiger partial charge is 0.191 e. The quantitative estimate of drug-likeness (QED) is 0.146. The molecule has 2 rings (SSSR count). The summed E-state index contributed by atoms with van der Waals surface area (Å²) in [5, 5.41) is 20.5. The summed E-state index contributed by atoms with van der Waals surface area (Å²) in [6.07, 6.45) is 2.11. The summed E-state index contributed by atoms with van der Waals surface area (Å²) in [6.45, 7) is 5.92. The number of guanidine groups is 1. The molecule has 9 nitrogen and oxygen atoms in total. The average molecular weight is 573 g/mol. The Morgan fingerprint density at radius 3 is 2.64 bits per heavy atom. The van der Waals surface area contributed by atoms with Crippen molar-refractivity contribution in [2.75, 3.05) is 52.3 Å². The SMILES string of the molecule is CCNC(=NCCCc1nn(-c2ccc(F)cc2)c(N)c1C#N)NCCCOCCOC.I. The zero-order valence-electron chi connectivity index (χ0n) is 19.1. The minimum atomic E-state index is -0.346. The highest BCUT2D eigenvalue weighted by Gasteiger charge is 2.16. The largest absolute Gasteiger partial charge is 0.382 e. The van der Waals surface area contributed by atoms with Crippen molar-refractivity contribution >= 4 is 35.8 Å². The van der Waals surface area contributed by atoms with Gasteiger partial charge in [0.25, 0.3) is 0 Å². The van der Waals surface area contributed by atoms with Crippen molar-refractivity contribution < 1.29 is 13.9 Å². The number of aromatic nitrogens is 2. The molecule has 33 heavy (non-hydrogen) atoms. The minimum Gasteiger partial charge on any atom is -0.382 e. The number of nitrogens with zero attached hydrogens (tertiary/aromatic N) is 4. The van der Waals surface area contributed by atoms with Gasteiger partial charge in [-0.05, 0) is 50.5 Å². The van der Waals surface area contributed by atoms with Gasteiger partial charge < -0.3 is 25.8 Å². The maximum atomic E-state index is 13.2. The van der Waals surface area contributed by atoms with Gasteiger partial charge in [0.2, 0.25) is 0 Å². The molecule has 1 heterocycles. The molecule has 0 saturated heterocycles. The van der Waals surface area contributed by atoms with Gasteiger partial charge in [-0.25, -0.2) is 9.07 Å². The normalized spacial score (nSPS) is 11.0. The van der Waals surface area contributed by atoms with Gasteiger partial charge in [0.15, 0.2) is 5.96 Å². The highest BCUT2D eigenvalue weighted by molar-refractivity contribution is 14.0. The molecule has 0 spiro atoms. The summed E-state index contributed by atoms with van der Waals surface area (Å²) in [4.78, 5) is 4.57. The van der Waals surface area contributed by atoms with Crippen LogP contribution in [0.4, 0.5) is 10.2 Å². The van der Waals surface area contributed by atoms with Crippen molar-refractivity contribution in [2.24, 2.45) is 4.99 Å². The first-order valence-electron chi connectivity index (χ1n) is 10.7. The first-order chi connectivity index (χ1) is 15.6. The van der Waals surface area contributed by atoms with Crippen LogP contribution in [0.1, 0.15) is 31.0 Å². The van der Waals surface area contributed by atoms with Gasteiger partial charge >= 0.3 is 0 Å². The average Bonchev–Trinajstić information content (AvgIpc) is 3.11. The Kier molecular flexibility index (Phi) is 14.1. The highest BCUT2D eigenvalue weighted by atomic mass is 127. The van der Waals surface area contributed by atoms with E-state index in [1.807, 2.05) is 6.92 Å². The molecule has 2 aromatic rings. The van der Waals surface area contributed by atoms with E-state index in [0.717, 1.165) is 25.5 Å². The number of methoxy groups -OCH3 is 1. The van der Waals surface area contributed by atoms with E-state index in [1.54, 1.807) is 19.2 Å². The summed E-state index contributed by atoms with van der Waals surface area (Å²) < 4.78 is 25.0. The first-order valence-corrected chi connectivity index (χ1v) is 10.7. The number of ether oxygens (including phenoxy) is 2. The lowest BCUT2D eigenvalue weighted by Crippen LogP contribution is -2.38. The number of anilines is 1. The van der Waals surface area contributed by atoms with Crippen LogP contribution in [0, 0.1) is 17.1 Å². The van der Waals surface area contributed by atoms with E-state index in [4.69, 9.17) is 15.2 Å². The fraction of sp³-hybridized carbons (Fsp3) is 0.500. The third-order valence-corrected chi connectivity index (χ3v) is 4.55. The molecule has 0 aliphatic rings. The van der Waals surface area contributed by atoms with E-state index in [1.165, 1.54) is 16.8 Å². The minimum absolute atomic E-state index is 0. The van der Waals surface area contributed by atoms with Crippen molar-refractivity contribution in [3.63, 3.8) is 0 Å². The summed E-state index contributed by atoms with van der Waals surface area (Å²) in [7, 11) is 1.65. The summed E-state index contributed by atoms with van der Waals surface area (Å²) >= 11 is 0. The zero-order chi connectivity index (χ0) is 23.2. The predicted octanol–water partition coefficient (Wildman–Crippen LogP) is 2.62. The zero-order valence-corrected chi connectivity index (χ0v) is 21.5. The molecule has 1 aromatic carbocycles. The van der Waals surface area contributed by atoms with Crippen LogP contribution in [0.2, 0.25) is 0 Å².